The van der Waals surface area contributed by atoms with Crippen LogP contribution in [0.15, 0.2) is 41.2 Å². The maximum atomic E-state index is 13.9. The van der Waals surface area contributed by atoms with Crippen LogP contribution in [0.4, 0.5) is 5.69 Å². The number of carbonyl (C=O) groups excluding carboxylic acids is 1. The van der Waals surface area contributed by atoms with Crippen LogP contribution in [-0.4, -0.2) is 59.8 Å². The molecule has 3 heterocycles. The molecule has 1 aromatic carbocycles. The van der Waals surface area contributed by atoms with Crippen molar-refractivity contribution in [1.29, 1.82) is 0 Å². The average Bonchev–Trinajstić information content (AvgIpc) is 2.85. The van der Waals surface area contributed by atoms with E-state index >= 15 is 0 Å². The molecule has 7 heteroatoms. The number of nitrogens with one attached hydrogen (secondary N) is 1. The normalized spacial score (nSPS) is 17.3. The number of aliphatic hydroxyl groups is 1. The van der Waals surface area contributed by atoms with Crippen molar-refractivity contribution < 1.29 is 14.6 Å². The fourth-order valence-corrected chi connectivity index (χ4v) is 5.35. The molecule has 0 atom stereocenters. The fraction of sp³-hybridized carbons (Fsp3) is 0.500. The standard InChI is InChI=1S/C28H37N3O4/c1-3-31(22-12-16-35-17-13-22)26-11-7-10-24-23(26)9-6-4-5-8-21-18-20(2)29-27(33)25(21)19-30(14-15-32)28(24)34/h4,6-7,10-11,18,22,32H,3,5,8-9,12-17,19H2,1-2H3,(H,29,33). The quantitative estimate of drug-likeness (QED) is 0.643. The van der Waals surface area contributed by atoms with E-state index in [1.807, 2.05) is 25.1 Å². The smallest absolute Gasteiger partial charge is 0.254 e. The predicted octanol–water partition coefficient (Wildman–Crippen LogP) is 3.37. The first-order valence-corrected chi connectivity index (χ1v) is 12.8. The van der Waals surface area contributed by atoms with E-state index in [0.29, 0.717) is 23.6 Å². The molecule has 0 spiro atoms. The Bertz CT molecular complexity index is 1120. The summed E-state index contributed by atoms with van der Waals surface area (Å²) in [6, 6.07) is 8.32. The molecule has 1 aromatic heterocycles. The van der Waals surface area contributed by atoms with Gasteiger partial charge in [0.2, 0.25) is 0 Å². The molecule has 2 aliphatic heterocycles. The van der Waals surface area contributed by atoms with Crippen LogP contribution in [0.25, 0.3) is 0 Å². The Morgan fingerprint density at radius 3 is 2.71 bits per heavy atom. The van der Waals surface area contributed by atoms with Gasteiger partial charge in [-0.25, -0.2) is 0 Å². The van der Waals surface area contributed by atoms with E-state index in [9.17, 15) is 14.7 Å². The molecule has 35 heavy (non-hydrogen) atoms. The number of aromatic nitrogens is 1. The molecule has 1 saturated heterocycles. The fourth-order valence-electron chi connectivity index (χ4n) is 5.35. The monoisotopic (exact) mass is 479 g/mol. The number of anilines is 1. The van der Waals surface area contributed by atoms with Gasteiger partial charge in [0.15, 0.2) is 0 Å². The molecule has 4 rings (SSSR count). The lowest BCUT2D eigenvalue weighted by molar-refractivity contribution is 0.0705. The SMILES string of the molecule is CCN(c1cccc2c1CC=CCCc1cc(C)[nH]c(=O)c1CN(CCO)C2=O)C1CCOCC1. The second-order valence-electron chi connectivity index (χ2n) is 9.38. The van der Waals surface area contributed by atoms with Crippen molar-refractivity contribution in [2.45, 2.75) is 58.5 Å². The van der Waals surface area contributed by atoms with Crippen molar-refractivity contribution in [1.82, 2.24) is 9.88 Å². The summed E-state index contributed by atoms with van der Waals surface area (Å²) >= 11 is 0. The van der Waals surface area contributed by atoms with Crippen LogP contribution >= 0.6 is 0 Å². The van der Waals surface area contributed by atoms with E-state index in [1.165, 1.54) is 0 Å². The summed E-state index contributed by atoms with van der Waals surface area (Å²) in [6.07, 6.45) is 8.45. The van der Waals surface area contributed by atoms with Gasteiger partial charge in [-0.1, -0.05) is 18.2 Å². The minimum absolute atomic E-state index is 0.154. The van der Waals surface area contributed by atoms with Crippen molar-refractivity contribution in [3.8, 4) is 0 Å². The highest BCUT2D eigenvalue weighted by atomic mass is 16.5. The van der Waals surface area contributed by atoms with Gasteiger partial charge >= 0.3 is 0 Å². The van der Waals surface area contributed by atoms with Gasteiger partial charge in [-0.3, -0.25) is 9.59 Å². The molecule has 0 bridgehead atoms. The maximum absolute atomic E-state index is 13.9. The molecule has 2 aliphatic rings. The Morgan fingerprint density at radius 1 is 1.17 bits per heavy atom. The van der Waals surface area contributed by atoms with Crippen molar-refractivity contribution in [3.63, 3.8) is 0 Å². The van der Waals surface area contributed by atoms with Gasteiger partial charge in [0.1, 0.15) is 0 Å². The van der Waals surface area contributed by atoms with Gasteiger partial charge in [0.05, 0.1) is 13.2 Å². The number of hydrogen-bond donors (Lipinski definition) is 2. The molecule has 188 valence electrons. The third-order valence-electron chi connectivity index (χ3n) is 7.10. The second kappa shape index (κ2) is 11.7. The number of allylic oxidation sites excluding steroid dienone is 2. The lowest BCUT2D eigenvalue weighted by Crippen LogP contribution is -2.40. The number of aromatic amines is 1. The lowest BCUT2D eigenvalue weighted by Gasteiger charge is -2.37. The molecule has 1 fully saturated rings. The number of aliphatic hydroxyl groups excluding tert-OH is 1. The van der Waals surface area contributed by atoms with E-state index in [4.69, 9.17) is 4.74 Å². The van der Waals surface area contributed by atoms with Crippen LogP contribution in [0.2, 0.25) is 0 Å². The zero-order valence-corrected chi connectivity index (χ0v) is 20.9. The number of fused-ring (bicyclic) bond motifs is 2. The maximum Gasteiger partial charge on any atom is 0.254 e. The molecule has 2 aromatic rings. The number of aryl methyl sites for hydroxylation is 2. The minimum Gasteiger partial charge on any atom is -0.395 e. The molecule has 0 unspecified atom stereocenters. The first-order chi connectivity index (χ1) is 17.0. The van der Waals surface area contributed by atoms with Crippen LogP contribution in [0.1, 0.15) is 58.9 Å². The zero-order chi connectivity index (χ0) is 24.8. The Morgan fingerprint density at radius 2 is 1.97 bits per heavy atom. The molecular weight excluding hydrogens is 442 g/mol. The summed E-state index contributed by atoms with van der Waals surface area (Å²) < 4.78 is 5.59. The Hall–Kier alpha value is -2.90. The highest BCUT2D eigenvalue weighted by Crippen LogP contribution is 2.31. The number of carbonyl (C=O) groups is 1. The molecule has 1 amide bonds. The highest BCUT2D eigenvalue weighted by Gasteiger charge is 2.27. The minimum atomic E-state index is -0.164. The predicted molar refractivity (Wildman–Crippen MR) is 138 cm³/mol. The van der Waals surface area contributed by atoms with E-state index in [2.05, 4.69) is 35.0 Å². The molecule has 2 N–H and O–H groups in total. The Labute approximate surface area is 207 Å². The van der Waals surface area contributed by atoms with Crippen molar-refractivity contribution >= 4 is 11.6 Å². The van der Waals surface area contributed by atoms with Gasteiger partial charge < -0.3 is 24.6 Å². The molecule has 7 nitrogen and oxygen atoms in total. The molecular formula is C28H37N3O4. The number of benzene rings is 1. The number of rotatable bonds is 5. The van der Waals surface area contributed by atoms with E-state index in [-0.39, 0.29) is 31.2 Å². The van der Waals surface area contributed by atoms with Gasteiger partial charge in [-0.15, -0.1) is 0 Å². The van der Waals surface area contributed by atoms with E-state index in [1.54, 1.807) is 4.90 Å². The van der Waals surface area contributed by atoms with E-state index in [0.717, 1.165) is 68.0 Å². The van der Waals surface area contributed by atoms with E-state index < -0.39 is 0 Å². The topological polar surface area (TPSA) is 85.9 Å². The lowest BCUT2D eigenvalue weighted by atomic mass is 9.96. The van der Waals surface area contributed by atoms with Crippen molar-refractivity contribution in [2.75, 3.05) is 37.8 Å². The largest absolute Gasteiger partial charge is 0.395 e. The van der Waals surface area contributed by atoms with Crippen LogP contribution in [0.5, 0.6) is 0 Å². The van der Waals surface area contributed by atoms with Crippen LogP contribution in [0.3, 0.4) is 0 Å². The number of ether oxygens (including phenoxy) is 1. The molecule has 0 aliphatic carbocycles. The number of β-amino-alcohol motifs (C(OH)–C–C–N with tert-alkyl or cyclic N) is 1. The van der Waals surface area contributed by atoms with Gasteiger partial charge in [-0.2, -0.15) is 0 Å². The summed E-state index contributed by atoms with van der Waals surface area (Å²) in [7, 11) is 0. The number of amides is 1. The highest BCUT2D eigenvalue weighted by molar-refractivity contribution is 5.97. The van der Waals surface area contributed by atoms with Crippen LogP contribution in [-0.2, 0) is 24.1 Å². The average molecular weight is 480 g/mol. The summed E-state index contributed by atoms with van der Waals surface area (Å²) in [5.41, 5.74) is 4.93. The number of pyridine rings is 1. The first kappa shape index (κ1) is 25.2. The van der Waals surface area contributed by atoms with Crippen LogP contribution in [0, 0.1) is 6.92 Å². The second-order valence-corrected chi connectivity index (χ2v) is 9.38. The van der Waals surface area contributed by atoms with Crippen molar-refractivity contribution in [3.05, 3.63) is 74.7 Å². The molecule has 0 saturated carbocycles. The van der Waals surface area contributed by atoms with Gasteiger partial charge in [0, 0.05) is 54.9 Å². The third kappa shape index (κ3) is 5.68. The Kier molecular flexibility index (Phi) is 8.42. The first-order valence-electron chi connectivity index (χ1n) is 12.8. The molecule has 0 radical (unpaired) electrons. The summed E-state index contributed by atoms with van der Waals surface area (Å²) in [5, 5.41) is 9.77. The summed E-state index contributed by atoms with van der Waals surface area (Å²) in [4.78, 5) is 33.7. The van der Waals surface area contributed by atoms with Gasteiger partial charge in [0.25, 0.3) is 11.5 Å². The Balaban J connectivity index is 1.79. The van der Waals surface area contributed by atoms with Crippen LogP contribution < -0.4 is 10.5 Å². The van der Waals surface area contributed by atoms with Crippen molar-refractivity contribution in [2.24, 2.45) is 0 Å². The summed E-state index contributed by atoms with van der Waals surface area (Å²) in [5.74, 6) is -0.154. The van der Waals surface area contributed by atoms with Gasteiger partial charge in [-0.05, 0) is 75.3 Å². The zero-order valence-electron chi connectivity index (χ0n) is 20.9. The number of nitrogens with zero attached hydrogens (tertiary/aromatic N) is 2. The third-order valence-corrected chi connectivity index (χ3v) is 7.10. The summed E-state index contributed by atoms with van der Waals surface area (Å²) in [6.45, 7) is 6.58. The number of hydrogen-bond acceptors (Lipinski definition) is 5. The number of H-pyrrole nitrogens is 1.